The Kier molecular flexibility index (Phi) is 1.92. The molecule has 1 amide bonds. The van der Waals surface area contributed by atoms with Crippen LogP contribution < -0.4 is 4.74 Å². The average molecular weight is 240 g/mol. The zero-order chi connectivity index (χ0) is 9.42. The van der Waals surface area contributed by atoms with Gasteiger partial charge < -0.3 is 4.74 Å². The predicted octanol–water partition coefficient (Wildman–Crippen LogP) is 2.03. The van der Waals surface area contributed by atoms with E-state index in [1.807, 2.05) is 6.07 Å². The number of halogens is 1. The molecule has 0 radical (unpaired) electrons. The lowest BCUT2D eigenvalue weighted by Gasteiger charge is -2.04. The van der Waals surface area contributed by atoms with Crippen molar-refractivity contribution in [2.24, 2.45) is 4.99 Å². The highest BCUT2D eigenvalue weighted by atomic mass is 79.9. The molecule has 0 atom stereocenters. The second-order valence-electron chi connectivity index (χ2n) is 2.64. The topological polar surface area (TPSA) is 38.7 Å². The van der Waals surface area contributed by atoms with Gasteiger partial charge in [0.25, 0.3) is 5.91 Å². The molecule has 0 unspecified atom stereocenters. The van der Waals surface area contributed by atoms with E-state index in [4.69, 9.17) is 4.74 Å². The van der Waals surface area contributed by atoms with Crippen LogP contribution in [-0.2, 0) is 0 Å². The first kappa shape index (κ1) is 8.44. The van der Waals surface area contributed by atoms with Crippen LogP contribution in [0.3, 0.4) is 0 Å². The number of ether oxygens (including phenoxy) is 1. The molecule has 0 N–H and O–H groups in total. The van der Waals surface area contributed by atoms with Gasteiger partial charge in [-0.05, 0) is 28.1 Å². The lowest BCUT2D eigenvalue weighted by Crippen LogP contribution is -1.94. The summed E-state index contributed by atoms with van der Waals surface area (Å²) in [6, 6.07) is 3.51. The van der Waals surface area contributed by atoms with E-state index >= 15 is 0 Å². The Morgan fingerprint density at radius 1 is 1.46 bits per heavy atom. The summed E-state index contributed by atoms with van der Waals surface area (Å²) in [5.74, 6) is 0.443. The van der Waals surface area contributed by atoms with Gasteiger partial charge in [-0.3, -0.25) is 4.79 Å². The number of hydrogen-bond donors (Lipinski definition) is 0. The number of carbonyl (C=O) groups excluding carboxylic acids is 1. The van der Waals surface area contributed by atoms with Crippen molar-refractivity contribution in [1.29, 1.82) is 0 Å². The lowest BCUT2D eigenvalue weighted by atomic mass is 10.1. The van der Waals surface area contributed by atoms with Crippen LogP contribution in [0, 0.1) is 0 Å². The number of amides is 1. The molecule has 0 fully saturated rings. The van der Waals surface area contributed by atoms with E-state index in [2.05, 4.69) is 20.9 Å². The maximum Gasteiger partial charge on any atom is 0.277 e. The molecular formula is C9H6BrNO2. The summed E-state index contributed by atoms with van der Waals surface area (Å²) in [4.78, 5) is 14.9. The quantitative estimate of drug-likeness (QED) is 0.753. The van der Waals surface area contributed by atoms with Crippen LogP contribution in [0.2, 0.25) is 0 Å². The number of nitrogens with zero attached hydrogens (tertiary/aromatic N) is 1. The van der Waals surface area contributed by atoms with Crippen LogP contribution in [0.15, 0.2) is 21.6 Å². The Morgan fingerprint density at radius 3 is 2.92 bits per heavy atom. The van der Waals surface area contributed by atoms with Crippen LogP contribution in [0.5, 0.6) is 5.75 Å². The van der Waals surface area contributed by atoms with Crippen molar-refractivity contribution in [2.75, 3.05) is 7.11 Å². The van der Waals surface area contributed by atoms with Gasteiger partial charge in [0.1, 0.15) is 5.75 Å². The van der Waals surface area contributed by atoms with Gasteiger partial charge in [-0.25, -0.2) is 4.99 Å². The third kappa shape index (κ3) is 1.27. The fraction of sp³-hybridized carbons (Fsp3) is 0.111. The fourth-order valence-electron chi connectivity index (χ4n) is 1.21. The minimum absolute atomic E-state index is 0.208. The van der Waals surface area contributed by atoms with Crippen LogP contribution in [0.4, 0.5) is 0 Å². The molecule has 66 valence electrons. The minimum atomic E-state index is -0.208. The number of carbonyl (C=O) groups is 1. The van der Waals surface area contributed by atoms with Crippen LogP contribution in [-0.4, -0.2) is 19.2 Å². The van der Waals surface area contributed by atoms with Crippen molar-refractivity contribution < 1.29 is 9.53 Å². The molecule has 0 spiro atoms. The van der Waals surface area contributed by atoms with Crippen molar-refractivity contribution in [3.05, 3.63) is 27.7 Å². The average Bonchev–Trinajstić information content (AvgIpc) is 2.46. The molecule has 0 saturated heterocycles. The lowest BCUT2D eigenvalue weighted by molar-refractivity contribution is 0.101. The molecule has 1 heterocycles. The van der Waals surface area contributed by atoms with E-state index in [0.717, 1.165) is 10.0 Å². The summed E-state index contributed by atoms with van der Waals surface area (Å²) < 4.78 is 5.89. The summed E-state index contributed by atoms with van der Waals surface area (Å²) in [6.07, 6.45) is 1.56. The smallest absolute Gasteiger partial charge is 0.277 e. The zero-order valence-electron chi connectivity index (χ0n) is 6.87. The molecule has 3 nitrogen and oxygen atoms in total. The van der Waals surface area contributed by atoms with Gasteiger partial charge in [0.05, 0.1) is 17.1 Å². The third-order valence-electron chi connectivity index (χ3n) is 1.88. The first-order chi connectivity index (χ1) is 6.22. The second kappa shape index (κ2) is 2.96. The normalized spacial score (nSPS) is 13.2. The minimum Gasteiger partial charge on any atom is -0.496 e. The Morgan fingerprint density at radius 2 is 2.23 bits per heavy atom. The van der Waals surface area contributed by atoms with Gasteiger partial charge in [-0.15, -0.1) is 0 Å². The Labute approximate surface area is 83.6 Å². The number of hydrogen-bond acceptors (Lipinski definition) is 2. The van der Waals surface area contributed by atoms with E-state index < -0.39 is 0 Å². The van der Waals surface area contributed by atoms with Crippen molar-refractivity contribution in [2.45, 2.75) is 0 Å². The highest BCUT2D eigenvalue weighted by molar-refractivity contribution is 9.10. The monoisotopic (exact) mass is 239 g/mol. The van der Waals surface area contributed by atoms with Gasteiger partial charge in [-0.2, -0.15) is 0 Å². The molecule has 0 aliphatic carbocycles. The van der Waals surface area contributed by atoms with Gasteiger partial charge in [0.15, 0.2) is 0 Å². The number of benzene rings is 1. The molecule has 13 heavy (non-hydrogen) atoms. The summed E-state index contributed by atoms with van der Waals surface area (Å²) in [5.41, 5.74) is 1.43. The molecule has 1 aliphatic heterocycles. The van der Waals surface area contributed by atoms with Crippen LogP contribution in [0.25, 0.3) is 0 Å². The first-order valence-corrected chi connectivity index (χ1v) is 4.47. The molecule has 1 aliphatic rings. The summed E-state index contributed by atoms with van der Waals surface area (Å²) in [7, 11) is 1.56. The standard InChI is InChI=1S/C9H6BrNO2/c1-13-8-3-6-5(2-7(8)10)4-11-9(6)12/h2-4H,1H3. The third-order valence-corrected chi connectivity index (χ3v) is 2.49. The summed E-state index contributed by atoms with van der Waals surface area (Å²) in [5, 5.41) is 0. The Hall–Kier alpha value is -1.16. The highest BCUT2D eigenvalue weighted by Gasteiger charge is 2.17. The van der Waals surface area contributed by atoms with Crippen molar-refractivity contribution >= 4 is 28.1 Å². The molecule has 0 saturated carbocycles. The number of fused-ring (bicyclic) bond motifs is 1. The van der Waals surface area contributed by atoms with Crippen molar-refractivity contribution in [1.82, 2.24) is 0 Å². The number of methoxy groups -OCH3 is 1. The molecule has 4 heteroatoms. The number of rotatable bonds is 1. The largest absolute Gasteiger partial charge is 0.496 e. The van der Waals surface area contributed by atoms with Gasteiger partial charge in [-0.1, -0.05) is 0 Å². The first-order valence-electron chi connectivity index (χ1n) is 3.68. The van der Waals surface area contributed by atoms with E-state index in [1.165, 1.54) is 0 Å². The van der Waals surface area contributed by atoms with Gasteiger partial charge in [0, 0.05) is 11.8 Å². The summed E-state index contributed by atoms with van der Waals surface area (Å²) in [6.45, 7) is 0. The molecule has 1 aromatic carbocycles. The van der Waals surface area contributed by atoms with Gasteiger partial charge >= 0.3 is 0 Å². The SMILES string of the molecule is COc1cc2c(cc1Br)C=NC2=O. The highest BCUT2D eigenvalue weighted by Crippen LogP contribution is 2.29. The van der Waals surface area contributed by atoms with Crippen LogP contribution >= 0.6 is 15.9 Å². The second-order valence-corrected chi connectivity index (χ2v) is 3.49. The van der Waals surface area contributed by atoms with E-state index in [1.54, 1.807) is 19.4 Å². The van der Waals surface area contributed by atoms with E-state index in [0.29, 0.717) is 11.3 Å². The van der Waals surface area contributed by atoms with Crippen LogP contribution in [0.1, 0.15) is 15.9 Å². The Bertz CT molecular complexity index is 412. The molecule has 0 aromatic heterocycles. The Balaban J connectivity index is 2.62. The molecule has 2 rings (SSSR count). The fourth-order valence-corrected chi connectivity index (χ4v) is 1.74. The zero-order valence-corrected chi connectivity index (χ0v) is 8.46. The molecular weight excluding hydrogens is 234 g/mol. The molecule has 0 bridgehead atoms. The van der Waals surface area contributed by atoms with Crippen molar-refractivity contribution in [3.8, 4) is 5.75 Å². The van der Waals surface area contributed by atoms with E-state index in [9.17, 15) is 4.79 Å². The molecule has 1 aromatic rings. The maximum atomic E-state index is 11.2. The maximum absolute atomic E-state index is 11.2. The summed E-state index contributed by atoms with van der Waals surface area (Å²) >= 11 is 3.33. The van der Waals surface area contributed by atoms with Gasteiger partial charge in [0.2, 0.25) is 0 Å². The van der Waals surface area contributed by atoms with Crippen molar-refractivity contribution in [3.63, 3.8) is 0 Å². The predicted molar refractivity (Wildman–Crippen MR) is 52.6 cm³/mol. The van der Waals surface area contributed by atoms with E-state index in [-0.39, 0.29) is 5.91 Å². The number of aliphatic imine (C=N–C) groups is 1.